The third-order valence-corrected chi connectivity index (χ3v) is 6.11. The molecular formula is C19H22ClN5O2S. The zero-order chi connectivity index (χ0) is 19.5. The van der Waals surface area contributed by atoms with Gasteiger partial charge in [-0.3, -0.25) is 19.3 Å². The predicted molar refractivity (Wildman–Crippen MR) is 111 cm³/mol. The summed E-state index contributed by atoms with van der Waals surface area (Å²) in [5.74, 6) is -0.143. The Morgan fingerprint density at radius 3 is 2.86 bits per heavy atom. The van der Waals surface area contributed by atoms with Gasteiger partial charge in [0.15, 0.2) is 10.8 Å². The van der Waals surface area contributed by atoms with Crippen molar-refractivity contribution in [1.29, 1.82) is 0 Å². The first kappa shape index (κ1) is 19.3. The summed E-state index contributed by atoms with van der Waals surface area (Å²) in [7, 11) is 0. The van der Waals surface area contributed by atoms with Gasteiger partial charge >= 0.3 is 0 Å². The second kappa shape index (κ2) is 8.57. The number of rotatable bonds is 6. The topological polar surface area (TPSA) is 63.5 Å². The van der Waals surface area contributed by atoms with Crippen LogP contribution in [0.2, 0.25) is 5.02 Å². The smallest absolute Gasteiger partial charge is 0.280 e. The first-order chi connectivity index (χ1) is 13.7. The fourth-order valence-electron chi connectivity index (χ4n) is 3.16. The monoisotopic (exact) mass is 419 g/mol. The van der Waals surface area contributed by atoms with E-state index in [1.807, 2.05) is 31.3 Å². The van der Waals surface area contributed by atoms with Crippen LogP contribution in [0, 0.1) is 0 Å². The third kappa shape index (κ3) is 4.05. The van der Waals surface area contributed by atoms with Crippen molar-refractivity contribution >= 4 is 44.2 Å². The van der Waals surface area contributed by atoms with Crippen LogP contribution in [0.4, 0.5) is 5.13 Å². The maximum absolute atomic E-state index is 13.2. The number of halogens is 1. The number of morpholine rings is 1. The van der Waals surface area contributed by atoms with E-state index in [1.54, 1.807) is 15.6 Å². The van der Waals surface area contributed by atoms with Gasteiger partial charge in [-0.25, -0.2) is 4.98 Å². The number of carbonyl (C=O) groups is 1. The highest BCUT2D eigenvalue weighted by molar-refractivity contribution is 7.22. The van der Waals surface area contributed by atoms with Crippen LogP contribution in [0.25, 0.3) is 10.2 Å². The Bertz CT molecular complexity index is 966. The molecular weight excluding hydrogens is 398 g/mol. The number of amides is 1. The Morgan fingerprint density at radius 1 is 1.32 bits per heavy atom. The van der Waals surface area contributed by atoms with Crippen LogP contribution >= 0.6 is 22.9 Å². The summed E-state index contributed by atoms with van der Waals surface area (Å²) < 4.78 is 8.13. The average Bonchev–Trinajstić information content (AvgIpc) is 3.36. The number of aromatic nitrogens is 3. The number of anilines is 1. The van der Waals surface area contributed by atoms with Crippen LogP contribution in [0.3, 0.4) is 0 Å². The van der Waals surface area contributed by atoms with Gasteiger partial charge in [0, 0.05) is 38.9 Å². The fraction of sp³-hybridized carbons (Fsp3) is 0.421. The van der Waals surface area contributed by atoms with Crippen LogP contribution in [0.1, 0.15) is 17.4 Å². The number of para-hydroxylation sites is 1. The van der Waals surface area contributed by atoms with Gasteiger partial charge in [0.1, 0.15) is 5.52 Å². The first-order valence-electron chi connectivity index (χ1n) is 9.36. The maximum Gasteiger partial charge on any atom is 0.280 e. The van der Waals surface area contributed by atoms with Gasteiger partial charge in [-0.15, -0.1) is 0 Å². The minimum absolute atomic E-state index is 0.143. The molecule has 3 heterocycles. The summed E-state index contributed by atoms with van der Waals surface area (Å²) in [6.07, 6.45) is 1.82. The van der Waals surface area contributed by atoms with Crippen molar-refractivity contribution in [2.45, 2.75) is 13.5 Å². The molecule has 9 heteroatoms. The maximum atomic E-state index is 13.2. The molecule has 0 radical (unpaired) electrons. The molecule has 0 spiro atoms. The van der Waals surface area contributed by atoms with Gasteiger partial charge in [-0.05, 0) is 25.1 Å². The average molecular weight is 420 g/mol. The normalized spacial score (nSPS) is 15.2. The van der Waals surface area contributed by atoms with Crippen molar-refractivity contribution in [2.24, 2.45) is 0 Å². The number of carbonyl (C=O) groups excluding carboxylic acids is 1. The molecule has 1 saturated heterocycles. The Balaban J connectivity index is 1.63. The highest BCUT2D eigenvalue weighted by atomic mass is 35.5. The molecule has 0 aliphatic carbocycles. The Labute approximate surface area is 172 Å². The van der Waals surface area contributed by atoms with Crippen molar-refractivity contribution in [3.63, 3.8) is 0 Å². The van der Waals surface area contributed by atoms with E-state index in [4.69, 9.17) is 16.3 Å². The van der Waals surface area contributed by atoms with Crippen molar-refractivity contribution in [3.05, 3.63) is 41.2 Å². The van der Waals surface area contributed by atoms with Gasteiger partial charge in [-0.2, -0.15) is 5.10 Å². The van der Waals surface area contributed by atoms with Crippen LogP contribution in [0.5, 0.6) is 0 Å². The van der Waals surface area contributed by atoms with Gasteiger partial charge in [0.25, 0.3) is 5.91 Å². The third-order valence-electron chi connectivity index (χ3n) is 4.76. The van der Waals surface area contributed by atoms with E-state index in [9.17, 15) is 4.79 Å². The number of thiazole rings is 1. The number of benzene rings is 1. The largest absolute Gasteiger partial charge is 0.379 e. The number of hydrogen-bond donors (Lipinski definition) is 0. The number of aryl methyl sites for hydroxylation is 1. The summed E-state index contributed by atoms with van der Waals surface area (Å²) in [6, 6.07) is 7.44. The van der Waals surface area contributed by atoms with Gasteiger partial charge in [0.2, 0.25) is 0 Å². The molecule has 3 aromatic rings. The lowest BCUT2D eigenvalue weighted by molar-refractivity contribution is 0.0391. The number of ether oxygens (including phenoxy) is 1. The molecule has 28 heavy (non-hydrogen) atoms. The van der Waals surface area contributed by atoms with Crippen LogP contribution in [0.15, 0.2) is 30.5 Å². The molecule has 0 saturated carbocycles. The first-order valence-corrected chi connectivity index (χ1v) is 10.6. The molecule has 1 amide bonds. The zero-order valence-electron chi connectivity index (χ0n) is 15.7. The minimum Gasteiger partial charge on any atom is -0.379 e. The molecule has 4 rings (SSSR count). The van der Waals surface area contributed by atoms with E-state index in [2.05, 4.69) is 15.0 Å². The molecule has 0 bridgehead atoms. The van der Waals surface area contributed by atoms with Crippen molar-refractivity contribution in [3.8, 4) is 0 Å². The van der Waals surface area contributed by atoms with Crippen LogP contribution < -0.4 is 4.90 Å². The summed E-state index contributed by atoms with van der Waals surface area (Å²) in [5.41, 5.74) is 1.15. The van der Waals surface area contributed by atoms with Gasteiger partial charge in [-0.1, -0.05) is 29.0 Å². The highest BCUT2D eigenvalue weighted by Crippen LogP contribution is 2.33. The minimum atomic E-state index is -0.143. The van der Waals surface area contributed by atoms with E-state index in [-0.39, 0.29) is 5.91 Å². The van der Waals surface area contributed by atoms with Crippen LogP contribution in [-0.2, 0) is 11.3 Å². The predicted octanol–water partition coefficient (Wildman–Crippen LogP) is 3.15. The molecule has 7 nitrogen and oxygen atoms in total. The SMILES string of the molecule is CCn1ccc(C(=O)N(CCN2CCOCC2)c2nc3c(Cl)cccc3s2)n1. The Hall–Kier alpha value is -2.00. The van der Waals surface area contributed by atoms with Gasteiger partial charge < -0.3 is 4.74 Å². The van der Waals surface area contributed by atoms with E-state index in [0.29, 0.717) is 22.4 Å². The van der Waals surface area contributed by atoms with Crippen molar-refractivity contribution < 1.29 is 9.53 Å². The van der Waals surface area contributed by atoms with Gasteiger partial charge in [0.05, 0.1) is 22.9 Å². The molecule has 1 aliphatic heterocycles. The molecule has 1 fully saturated rings. The van der Waals surface area contributed by atoms with Crippen LogP contribution in [-0.4, -0.2) is 65.0 Å². The summed E-state index contributed by atoms with van der Waals surface area (Å²) >= 11 is 7.77. The second-order valence-electron chi connectivity index (χ2n) is 6.55. The zero-order valence-corrected chi connectivity index (χ0v) is 17.2. The summed E-state index contributed by atoms with van der Waals surface area (Å²) in [5, 5.41) is 5.62. The Morgan fingerprint density at radius 2 is 2.14 bits per heavy atom. The molecule has 0 atom stereocenters. The van der Waals surface area contributed by atoms with E-state index in [1.165, 1.54) is 11.3 Å². The summed E-state index contributed by atoms with van der Waals surface area (Å²) in [4.78, 5) is 21.9. The quantitative estimate of drug-likeness (QED) is 0.614. The lowest BCUT2D eigenvalue weighted by atomic mass is 10.3. The lowest BCUT2D eigenvalue weighted by Crippen LogP contribution is -2.43. The van der Waals surface area contributed by atoms with E-state index < -0.39 is 0 Å². The molecule has 2 aromatic heterocycles. The number of fused-ring (bicyclic) bond motifs is 1. The molecule has 1 aromatic carbocycles. The van der Waals surface area contributed by atoms with E-state index >= 15 is 0 Å². The van der Waals surface area contributed by atoms with Crippen molar-refractivity contribution in [2.75, 3.05) is 44.3 Å². The molecule has 0 N–H and O–H groups in total. The Kier molecular flexibility index (Phi) is 5.91. The fourth-order valence-corrected chi connectivity index (χ4v) is 4.45. The standard InChI is InChI=1S/C19H22ClN5O2S/c1-2-24-7-6-15(22-24)18(26)25(9-8-23-10-12-27-13-11-23)19-21-17-14(20)4-3-5-16(17)28-19/h3-7H,2,8-13H2,1H3. The second-order valence-corrected chi connectivity index (χ2v) is 7.97. The molecule has 148 valence electrons. The highest BCUT2D eigenvalue weighted by Gasteiger charge is 2.24. The van der Waals surface area contributed by atoms with Crippen molar-refractivity contribution in [1.82, 2.24) is 19.7 Å². The molecule has 1 aliphatic rings. The summed E-state index contributed by atoms with van der Waals surface area (Å²) in [6.45, 7) is 7.21. The molecule has 0 unspecified atom stereocenters. The van der Waals surface area contributed by atoms with E-state index in [0.717, 1.165) is 49.6 Å². The lowest BCUT2D eigenvalue weighted by Gasteiger charge is -2.29. The number of nitrogens with zero attached hydrogens (tertiary/aromatic N) is 5. The number of hydrogen-bond acceptors (Lipinski definition) is 6.